The Morgan fingerprint density at radius 2 is 1.87 bits per heavy atom. The minimum atomic E-state index is -4.61. The summed E-state index contributed by atoms with van der Waals surface area (Å²) in [6, 6.07) is 7.43. The molecule has 0 radical (unpaired) electrons. The van der Waals surface area contributed by atoms with Gasteiger partial charge in [0.2, 0.25) is 0 Å². The van der Waals surface area contributed by atoms with E-state index in [9.17, 15) is 23.5 Å². The molecule has 0 unspecified atom stereocenters. The van der Waals surface area contributed by atoms with Gasteiger partial charge in [-0.25, -0.2) is 9.97 Å². The third kappa shape index (κ3) is 2.66. The molecule has 1 heterocycles. The molecular weight excluding hydrogens is 307 g/mol. The van der Waals surface area contributed by atoms with Gasteiger partial charge in [-0.15, -0.1) is 0 Å². The fourth-order valence-electron chi connectivity index (χ4n) is 2.35. The summed E-state index contributed by atoms with van der Waals surface area (Å²) in [4.78, 5) is 7.81. The molecule has 0 fully saturated rings. The molecule has 0 aliphatic heterocycles. The number of phenolic OH excluding ortho intramolecular Hbond substituents is 1. The zero-order chi connectivity index (χ0) is 16.6. The van der Waals surface area contributed by atoms with E-state index in [1.54, 1.807) is 0 Å². The first-order chi connectivity index (χ1) is 10.9. The van der Waals surface area contributed by atoms with Gasteiger partial charge in [0.25, 0.3) is 0 Å². The van der Waals surface area contributed by atoms with Gasteiger partial charge in [-0.3, -0.25) is 0 Å². The first-order valence-corrected chi connectivity index (χ1v) is 6.44. The molecular formula is C16H8F3N3O. The van der Waals surface area contributed by atoms with Crippen molar-refractivity contribution in [2.24, 2.45) is 0 Å². The van der Waals surface area contributed by atoms with Gasteiger partial charge in [-0.2, -0.15) is 18.4 Å². The minimum Gasteiger partial charge on any atom is -0.508 e. The van der Waals surface area contributed by atoms with E-state index in [4.69, 9.17) is 0 Å². The Bertz CT molecular complexity index is 945. The SMILES string of the molecule is N#Cc1cc2cncnc2cc1-c1cc(O)ccc1C(F)(F)F. The van der Waals surface area contributed by atoms with Crippen LogP contribution in [0.2, 0.25) is 0 Å². The van der Waals surface area contributed by atoms with Crippen LogP contribution in [0.3, 0.4) is 0 Å². The number of aromatic hydroxyl groups is 1. The highest BCUT2D eigenvalue weighted by molar-refractivity contribution is 5.88. The highest BCUT2D eigenvalue weighted by Crippen LogP contribution is 2.40. The Kier molecular flexibility index (Phi) is 3.37. The van der Waals surface area contributed by atoms with Crippen molar-refractivity contribution < 1.29 is 18.3 Å². The van der Waals surface area contributed by atoms with Crippen LogP contribution < -0.4 is 0 Å². The maximum Gasteiger partial charge on any atom is 0.417 e. The zero-order valence-electron chi connectivity index (χ0n) is 11.5. The Morgan fingerprint density at radius 3 is 2.57 bits per heavy atom. The molecule has 0 aliphatic rings. The number of hydrogen-bond donors (Lipinski definition) is 1. The van der Waals surface area contributed by atoms with Gasteiger partial charge in [0.15, 0.2) is 0 Å². The summed E-state index contributed by atoms with van der Waals surface area (Å²) in [6.45, 7) is 0. The maximum atomic E-state index is 13.2. The normalized spacial score (nSPS) is 11.4. The molecule has 0 atom stereocenters. The fraction of sp³-hybridized carbons (Fsp3) is 0.0625. The Hall–Kier alpha value is -3.14. The number of aromatic nitrogens is 2. The Morgan fingerprint density at radius 1 is 1.09 bits per heavy atom. The molecule has 1 aromatic heterocycles. The molecule has 0 aliphatic carbocycles. The molecule has 7 heteroatoms. The lowest BCUT2D eigenvalue weighted by Gasteiger charge is -2.15. The van der Waals surface area contributed by atoms with Crippen LogP contribution in [0.25, 0.3) is 22.0 Å². The Balaban J connectivity index is 2.37. The van der Waals surface area contributed by atoms with Crippen molar-refractivity contribution in [3.8, 4) is 22.9 Å². The van der Waals surface area contributed by atoms with Gasteiger partial charge in [0.05, 0.1) is 22.7 Å². The molecule has 0 saturated heterocycles. The summed E-state index contributed by atoms with van der Waals surface area (Å²) in [5.41, 5.74) is -0.689. The van der Waals surface area contributed by atoms with Gasteiger partial charge in [0, 0.05) is 17.1 Å². The average Bonchev–Trinajstić information content (AvgIpc) is 2.52. The number of alkyl halides is 3. The van der Waals surface area contributed by atoms with Gasteiger partial charge in [-0.1, -0.05) is 0 Å². The second-order valence-electron chi connectivity index (χ2n) is 4.82. The fourth-order valence-corrected chi connectivity index (χ4v) is 2.35. The number of phenols is 1. The number of nitriles is 1. The molecule has 0 amide bonds. The summed E-state index contributed by atoms with van der Waals surface area (Å²) in [5.74, 6) is -0.320. The largest absolute Gasteiger partial charge is 0.508 e. The molecule has 3 aromatic rings. The van der Waals surface area contributed by atoms with E-state index in [0.29, 0.717) is 10.9 Å². The first-order valence-electron chi connectivity index (χ1n) is 6.44. The Labute approximate surface area is 128 Å². The van der Waals surface area contributed by atoms with Gasteiger partial charge >= 0.3 is 6.18 Å². The number of rotatable bonds is 1. The van der Waals surface area contributed by atoms with E-state index in [1.165, 1.54) is 24.7 Å². The second kappa shape index (κ2) is 5.25. The predicted molar refractivity (Wildman–Crippen MR) is 76.4 cm³/mol. The van der Waals surface area contributed by atoms with Crippen LogP contribution in [0.4, 0.5) is 13.2 Å². The lowest BCUT2D eigenvalue weighted by molar-refractivity contribution is -0.137. The number of nitrogens with zero attached hydrogens (tertiary/aromatic N) is 3. The summed E-state index contributed by atoms with van der Waals surface area (Å²) < 4.78 is 39.7. The second-order valence-corrected chi connectivity index (χ2v) is 4.82. The van der Waals surface area contributed by atoms with Crippen molar-refractivity contribution in [3.63, 3.8) is 0 Å². The van der Waals surface area contributed by atoms with Gasteiger partial charge in [0.1, 0.15) is 12.1 Å². The summed E-state index contributed by atoms with van der Waals surface area (Å²) in [7, 11) is 0. The molecule has 4 nitrogen and oxygen atoms in total. The van der Waals surface area contributed by atoms with Crippen LogP contribution in [0.5, 0.6) is 5.75 Å². The molecule has 0 saturated carbocycles. The smallest absolute Gasteiger partial charge is 0.417 e. The van der Waals surface area contributed by atoms with Crippen LogP contribution in [0.1, 0.15) is 11.1 Å². The van der Waals surface area contributed by atoms with Gasteiger partial charge in [-0.05, 0) is 35.9 Å². The predicted octanol–water partition coefficient (Wildman–Crippen LogP) is 3.89. The number of halogens is 3. The van der Waals surface area contributed by atoms with Crippen LogP contribution in [-0.2, 0) is 6.18 Å². The maximum absolute atomic E-state index is 13.2. The molecule has 1 N–H and O–H groups in total. The van der Waals surface area contributed by atoms with E-state index < -0.39 is 11.7 Å². The average molecular weight is 315 g/mol. The molecule has 0 bridgehead atoms. The van der Waals surface area contributed by atoms with E-state index in [0.717, 1.165) is 18.2 Å². The zero-order valence-corrected chi connectivity index (χ0v) is 11.5. The topological polar surface area (TPSA) is 69.8 Å². The lowest BCUT2D eigenvalue weighted by Crippen LogP contribution is -2.07. The standard InChI is InChI=1S/C16H8F3N3O/c17-16(18,19)14-2-1-11(23)4-13(14)12-5-15-10(3-9(12)6-20)7-21-8-22-15/h1-5,7-8,23H. The third-order valence-electron chi connectivity index (χ3n) is 3.36. The third-order valence-corrected chi connectivity index (χ3v) is 3.36. The molecule has 3 rings (SSSR count). The highest BCUT2D eigenvalue weighted by Gasteiger charge is 2.34. The van der Waals surface area contributed by atoms with Crippen molar-refractivity contribution in [2.45, 2.75) is 6.18 Å². The van der Waals surface area contributed by atoms with Gasteiger partial charge < -0.3 is 5.11 Å². The summed E-state index contributed by atoms with van der Waals surface area (Å²) in [5, 5.41) is 19.4. The van der Waals surface area contributed by atoms with Crippen molar-refractivity contribution >= 4 is 10.9 Å². The van der Waals surface area contributed by atoms with Crippen LogP contribution >= 0.6 is 0 Å². The minimum absolute atomic E-state index is 0.0448. The van der Waals surface area contributed by atoms with Crippen molar-refractivity contribution in [3.05, 3.63) is 54.0 Å². The molecule has 2 aromatic carbocycles. The van der Waals surface area contributed by atoms with Crippen molar-refractivity contribution in [1.82, 2.24) is 9.97 Å². The van der Waals surface area contributed by atoms with Crippen molar-refractivity contribution in [1.29, 1.82) is 5.26 Å². The van der Waals surface area contributed by atoms with E-state index >= 15 is 0 Å². The monoisotopic (exact) mass is 315 g/mol. The number of fused-ring (bicyclic) bond motifs is 1. The van der Waals surface area contributed by atoms with Crippen LogP contribution in [0, 0.1) is 11.3 Å². The van der Waals surface area contributed by atoms with E-state index in [2.05, 4.69) is 9.97 Å². The van der Waals surface area contributed by atoms with Crippen LogP contribution in [0.15, 0.2) is 42.9 Å². The quantitative estimate of drug-likeness (QED) is 0.739. The van der Waals surface area contributed by atoms with E-state index in [-0.39, 0.29) is 22.4 Å². The summed E-state index contributed by atoms with van der Waals surface area (Å²) in [6.07, 6.45) is -1.87. The molecule has 23 heavy (non-hydrogen) atoms. The summed E-state index contributed by atoms with van der Waals surface area (Å²) >= 11 is 0. The highest BCUT2D eigenvalue weighted by atomic mass is 19.4. The molecule has 114 valence electrons. The number of benzene rings is 2. The van der Waals surface area contributed by atoms with Crippen LogP contribution in [-0.4, -0.2) is 15.1 Å². The lowest BCUT2D eigenvalue weighted by atomic mass is 9.94. The number of hydrogen-bond acceptors (Lipinski definition) is 4. The van der Waals surface area contributed by atoms with E-state index in [1.807, 2.05) is 6.07 Å². The molecule has 0 spiro atoms. The first kappa shape index (κ1) is 14.8. The van der Waals surface area contributed by atoms with Crippen molar-refractivity contribution in [2.75, 3.05) is 0 Å².